The molecule has 2 N–H and O–H groups in total. The van der Waals surface area contributed by atoms with Crippen molar-refractivity contribution in [2.24, 2.45) is 5.92 Å². The van der Waals surface area contributed by atoms with Gasteiger partial charge in [0.05, 0.1) is 6.10 Å². The van der Waals surface area contributed by atoms with Gasteiger partial charge in [-0.1, -0.05) is 0 Å². The predicted octanol–water partition coefficient (Wildman–Crippen LogP) is 2.04. The molecule has 1 atom stereocenters. The topological polar surface area (TPSA) is 60.8 Å². The number of hydrogen-bond donors (Lipinski definition) is 2. The van der Waals surface area contributed by atoms with Crippen molar-refractivity contribution >= 4 is 17.3 Å². The molecule has 2 rings (SSSR count). The normalized spacial score (nSPS) is 19.9. The molecule has 18 heavy (non-hydrogen) atoms. The molecular formula is C13H19NO3S. The van der Waals surface area contributed by atoms with E-state index in [0.717, 1.165) is 37.4 Å². The van der Waals surface area contributed by atoms with Crippen LogP contribution in [0.25, 0.3) is 0 Å². The zero-order valence-corrected chi connectivity index (χ0v) is 11.3. The van der Waals surface area contributed by atoms with Gasteiger partial charge in [0.25, 0.3) is 0 Å². The van der Waals surface area contributed by atoms with Crippen molar-refractivity contribution in [3.05, 3.63) is 21.9 Å². The highest BCUT2D eigenvalue weighted by molar-refractivity contribution is 7.13. The molecule has 5 heteroatoms. The van der Waals surface area contributed by atoms with Crippen molar-refractivity contribution in [2.75, 3.05) is 13.1 Å². The lowest BCUT2D eigenvalue weighted by molar-refractivity contribution is 0.0694. The molecule has 0 spiro atoms. The Morgan fingerprint density at radius 1 is 1.50 bits per heavy atom. The van der Waals surface area contributed by atoms with Crippen LogP contribution in [0.4, 0.5) is 0 Å². The van der Waals surface area contributed by atoms with Crippen LogP contribution < -0.4 is 0 Å². The molecule has 1 fully saturated rings. The van der Waals surface area contributed by atoms with Gasteiger partial charge in [0, 0.05) is 11.4 Å². The number of likely N-dealkylation sites (tertiary alicyclic amines) is 1. The number of hydrogen-bond acceptors (Lipinski definition) is 4. The van der Waals surface area contributed by atoms with Gasteiger partial charge in [0.15, 0.2) is 0 Å². The summed E-state index contributed by atoms with van der Waals surface area (Å²) in [6, 6.07) is 3.57. The van der Waals surface area contributed by atoms with Crippen LogP contribution in [-0.2, 0) is 6.54 Å². The molecule has 1 aliphatic heterocycles. The van der Waals surface area contributed by atoms with Crippen LogP contribution in [0, 0.1) is 5.92 Å². The molecule has 4 nitrogen and oxygen atoms in total. The van der Waals surface area contributed by atoms with E-state index in [1.807, 2.05) is 13.0 Å². The number of aliphatic hydroxyl groups excluding tert-OH is 1. The summed E-state index contributed by atoms with van der Waals surface area (Å²) in [5.41, 5.74) is 0. The van der Waals surface area contributed by atoms with Crippen LogP contribution in [0.3, 0.4) is 0 Å². The summed E-state index contributed by atoms with van der Waals surface area (Å²) in [7, 11) is 0. The van der Waals surface area contributed by atoms with Gasteiger partial charge in [-0.15, -0.1) is 11.3 Å². The molecule has 2 heterocycles. The van der Waals surface area contributed by atoms with Gasteiger partial charge in [-0.25, -0.2) is 4.79 Å². The van der Waals surface area contributed by atoms with E-state index in [-0.39, 0.29) is 6.10 Å². The molecule has 0 bridgehead atoms. The highest BCUT2D eigenvalue weighted by atomic mass is 32.1. The summed E-state index contributed by atoms with van der Waals surface area (Å²) in [5.74, 6) is -0.432. The first-order valence-corrected chi connectivity index (χ1v) is 7.10. The molecule has 0 aliphatic carbocycles. The SMILES string of the molecule is CC(O)C1CCN(Cc2ccc(C(=O)O)s2)CC1. The third kappa shape index (κ3) is 3.31. The zero-order valence-electron chi connectivity index (χ0n) is 10.5. The minimum absolute atomic E-state index is 0.215. The molecular weight excluding hydrogens is 250 g/mol. The molecule has 100 valence electrons. The van der Waals surface area contributed by atoms with Crippen LogP contribution in [0.2, 0.25) is 0 Å². The van der Waals surface area contributed by atoms with Crippen LogP contribution in [0.1, 0.15) is 34.3 Å². The van der Waals surface area contributed by atoms with Crippen LogP contribution in [0.5, 0.6) is 0 Å². The summed E-state index contributed by atoms with van der Waals surface area (Å²) < 4.78 is 0. The van der Waals surface area contributed by atoms with Gasteiger partial charge in [0.1, 0.15) is 4.88 Å². The van der Waals surface area contributed by atoms with Crippen molar-refractivity contribution in [1.29, 1.82) is 0 Å². The highest BCUT2D eigenvalue weighted by Crippen LogP contribution is 2.24. The van der Waals surface area contributed by atoms with Gasteiger partial charge in [-0.05, 0) is 50.9 Å². The van der Waals surface area contributed by atoms with E-state index in [0.29, 0.717) is 10.8 Å². The summed E-state index contributed by atoms with van der Waals surface area (Å²) in [6.45, 7) is 4.65. The molecule has 1 aromatic rings. The van der Waals surface area contributed by atoms with E-state index in [1.165, 1.54) is 11.3 Å². The largest absolute Gasteiger partial charge is 0.477 e. The van der Waals surface area contributed by atoms with Gasteiger partial charge in [-0.3, -0.25) is 4.90 Å². The first-order chi connectivity index (χ1) is 8.56. The molecule has 1 aromatic heterocycles. The van der Waals surface area contributed by atoms with Gasteiger partial charge >= 0.3 is 5.97 Å². The number of thiophene rings is 1. The van der Waals surface area contributed by atoms with Gasteiger partial charge < -0.3 is 10.2 Å². The van der Waals surface area contributed by atoms with Crippen molar-refractivity contribution in [2.45, 2.75) is 32.4 Å². The van der Waals surface area contributed by atoms with E-state index in [4.69, 9.17) is 5.11 Å². The molecule has 0 radical (unpaired) electrons. The standard InChI is InChI=1S/C13H19NO3S/c1-9(15)10-4-6-14(7-5-10)8-11-2-3-12(18-11)13(16)17/h2-3,9-10,15H,4-8H2,1H3,(H,16,17). The Balaban J connectivity index is 1.85. The molecule has 1 unspecified atom stereocenters. The quantitative estimate of drug-likeness (QED) is 0.878. The van der Waals surface area contributed by atoms with Crippen LogP contribution in [0.15, 0.2) is 12.1 Å². The van der Waals surface area contributed by atoms with E-state index in [1.54, 1.807) is 6.07 Å². The summed E-state index contributed by atoms with van der Waals surface area (Å²) in [6.07, 6.45) is 1.83. The zero-order chi connectivity index (χ0) is 13.1. The number of rotatable bonds is 4. The average molecular weight is 269 g/mol. The van der Waals surface area contributed by atoms with Gasteiger partial charge in [-0.2, -0.15) is 0 Å². The van der Waals surface area contributed by atoms with Crippen molar-refractivity contribution in [3.8, 4) is 0 Å². The molecule has 0 amide bonds. The number of aliphatic hydroxyl groups is 1. The van der Waals surface area contributed by atoms with Gasteiger partial charge in [0.2, 0.25) is 0 Å². The number of aromatic carboxylic acids is 1. The van der Waals surface area contributed by atoms with Crippen LogP contribution in [-0.4, -0.2) is 40.3 Å². The lowest BCUT2D eigenvalue weighted by atomic mass is 9.92. The Morgan fingerprint density at radius 2 is 2.17 bits per heavy atom. The number of carbonyl (C=O) groups is 1. The van der Waals surface area contributed by atoms with E-state index in [2.05, 4.69) is 4.90 Å². The second kappa shape index (κ2) is 5.82. The highest BCUT2D eigenvalue weighted by Gasteiger charge is 2.22. The maximum atomic E-state index is 10.8. The maximum absolute atomic E-state index is 10.8. The number of piperidine rings is 1. The van der Waals surface area contributed by atoms with Crippen LogP contribution >= 0.6 is 11.3 Å². The lowest BCUT2D eigenvalue weighted by Crippen LogP contribution is -2.36. The Hall–Kier alpha value is -0.910. The molecule has 1 saturated heterocycles. The van der Waals surface area contributed by atoms with Crippen molar-refractivity contribution in [1.82, 2.24) is 4.90 Å². The Labute approximate surface area is 111 Å². The fraction of sp³-hybridized carbons (Fsp3) is 0.615. The summed E-state index contributed by atoms with van der Waals surface area (Å²) >= 11 is 1.35. The second-order valence-electron chi connectivity index (χ2n) is 4.93. The van der Waals surface area contributed by atoms with E-state index < -0.39 is 5.97 Å². The number of nitrogens with zero attached hydrogens (tertiary/aromatic N) is 1. The fourth-order valence-corrected chi connectivity index (χ4v) is 3.28. The second-order valence-corrected chi connectivity index (χ2v) is 6.09. The van der Waals surface area contributed by atoms with Crippen molar-refractivity contribution in [3.63, 3.8) is 0 Å². The molecule has 0 saturated carbocycles. The number of carboxylic acid groups (broad SMARTS) is 1. The Kier molecular flexibility index (Phi) is 4.37. The smallest absolute Gasteiger partial charge is 0.345 e. The average Bonchev–Trinajstić information content (AvgIpc) is 2.78. The van der Waals surface area contributed by atoms with E-state index >= 15 is 0 Å². The predicted molar refractivity (Wildman–Crippen MR) is 71.0 cm³/mol. The molecule has 0 aromatic carbocycles. The number of carboxylic acids is 1. The fourth-order valence-electron chi connectivity index (χ4n) is 2.39. The summed E-state index contributed by atoms with van der Waals surface area (Å²) in [4.78, 5) is 14.6. The maximum Gasteiger partial charge on any atom is 0.345 e. The minimum Gasteiger partial charge on any atom is -0.477 e. The summed E-state index contributed by atoms with van der Waals surface area (Å²) in [5, 5.41) is 18.4. The van der Waals surface area contributed by atoms with Crippen molar-refractivity contribution < 1.29 is 15.0 Å². The minimum atomic E-state index is -0.848. The Morgan fingerprint density at radius 3 is 2.67 bits per heavy atom. The molecule has 1 aliphatic rings. The van der Waals surface area contributed by atoms with E-state index in [9.17, 15) is 9.90 Å². The Bertz CT molecular complexity index is 408. The lowest BCUT2D eigenvalue weighted by Gasteiger charge is -2.32. The third-order valence-electron chi connectivity index (χ3n) is 3.57. The monoisotopic (exact) mass is 269 g/mol. The first kappa shape index (κ1) is 13.5. The first-order valence-electron chi connectivity index (χ1n) is 6.28. The third-order valence-corrected chi connectivity index (χ3v) is 4.62.